The van der Waals surface area contributed by atoms with Crippen LogP contribution in [0.25, 0.3) is 10.9 Å². The van der Waals surface area contributed by atoms with E-state index in [0.717, 1.165) is 5.56 Å². The van der Waals surface area contributed by atoms with Crippen molar-refractivity contribution < 1.29 is 29.3 Å². The van der Waals surface area contributed by atoms with Crippen LogP contribution < -0.4 is 15.8 Å². The number of carboxylic acids is 1. The predicted octanol–water partition coefficient (Wildman–Crippen LogP) is 2.93. The number of rotatable bonds is 8. The first-order valence-corrected chi connectivity index (χ1v) is 11.6. The summed E-state index contributed by atoms with van der Waals surface area (Å²) in [5, 5.41) is 22.9. The molecule has 2 aromatic carbocycles. The third-order valence-corrected chi connectivity index (χ3v) is 7.05. The molecule has 9 nitrogen and oxygen atoms in total. The number of aliphatic hydroxyl groups excluding tert-OH is 1. The minimum absolute atomic E-state index is 0.0343. The van der Waals surface area contributed by atoms with Crippen LogP contribution in [0.2, 0.25) is 10.0 Å². The van der Waals surface area contributed by atoms with Crippen LogP contribution in [0, 0.1) is 0 Å². The molecule has 1 saturated heterocycles. The topological polar surface area (TPSA) is 136 Å². The van der Waals surface area contributed by atoms with Gasteiger partial charge in [0.25, 0.3) is 5.91 Å². The molecule has 1 fully saturated rings. The molecular weight excluding hydrogens is 497 g/mol. The Morgan fingerprint density at radius 2 is 1.97 bits per heavy atom. The Bertz CT molecular complexity index is 1270. The summed E-state index contributed by atoms with van der Waals surface area (Å²) in [5.74, 6) is -1.11. The number of amides is 1. The summed E-state index contributed by atoms with van der Waals surface area (Å²) in [5.41, 5.74) is 6.48. The summed E-state index contributed by atoms with van der Waals surface area (Å²) >= 11 is 12.9. The second-order valence-electron chi connectivity index (χ2n) is 8.45. The molecule has 0 saturated carbocycles. The molecule has 2 heterocycles. The number of nitrogens with zero attached hydrogens (tertiary/aromatic N) is 1. The monoisotopic (exact) mass is 521 g/mol. The SMILES string of the molecule is Cn1c(C(=O)NC2(c3ccc(C(=O)O)cc3)CCOC2)cc2c(Cl)c(Cl)c(OCC(O)CN)cc21. The molecule has 1 aliphatic rings. The van der Waals surface area contributed by atoms with E-state index < -0.39 is 17.6 Å². The number of carboxylic acid groups (broad SMARTS) is 1. The van der Waals surface area contributed by atoms with Crippen LogP contribution in [0.3, 0.4) is 0 Å². The van der Waals surface area contributed by atoms with Gasteiger partial charge in [0.05, 0.1) is 28.2 Å². The highest BCUT2D eigenvalue weighted by atomic mass is 35.5. The highest BCUT2D eigenvalue weighted by molar-refractivity contribution is 6.46. The number of carbonyl (C=O) groups excluding carboxylic acids is 1. The zero-order chi connectivity index (χ0) is 25.3. The van der Waals surface area contributed by atoms with Gasteiger partial charge < -0.3 is 35.3 Å². The predicted molar refractivity (Wildman–Crippen MR) is 131 cm³/mol. The number of nitrogens with two attached hydrogens (primary N) is 1. The summed E-state index contributed by atoms with van der Waals surface area (Å²) in [6.45, 7) is 0.682. The minimum Gasteiger partial charge on any atom is -0.489 e. The van der Waals surface area contributed by atoms with Crippen LogP contribution in [-0.4, -0.2) is 59.1 Å². The maximum atomic E-state index is 13.4. The van der Waals surface area contributed by atoms with Crippen LogP contribution >= 0.6 is 23.2 Å². The van der Waals surface area contributed by atoms with E-state index in [9.17, 15) is 19.8 Å². The number of fused-ring (bicyclic) bond motifs is 1. The van der Waals surface area contributed by atoms with E-state index in [2.05, 4.69) is 5.32 Å². The normalized spacial score (nSPS) is 18.5. The molecule has 1 amide bonds. The molecule has 1 aliphatic heterocycles. The van der Waals surface area contributed by atoms with Gasteiger partial charge in [0, 0.05) is 38.1 Å². The average molecular weight is 522 g/mol. The first-order valence-electron chi connectivity index (χ1n) is 10.9. The van der Waals surface area contributed by atoms with E-state index >= 15 is 0 Å². The third kappa shape index (κ3) is 4.82. The molecular formula is C24H25Cl2N3O6. The lowest BCUT2D eigenvalue weighted by Gasteiger charge is -2.29. The van der Waals surface area contributed by atoms with E-state index in [1.165, 1.54) is 12.1 Å². The average Bonchev–Trinajstić information content (AvgIpc) is 3.45. The standard InChI is InChI=1S/C24H25Cl2N3O6/c1-29-17-9-19(35-11-15(30)10-27)21(26)20(25)16(17)8-18(29)22(31)28-24(6-7-34-12-24)14-4-2-13(3-5-14)23(32)33/h2-5,8-9,15,30H,6-7,10-12,27H2,1H3,(H,28,31)(H,32,33). The fraction of sp³-hybridized carbons (Fsp3) is 0.333. The number of aromatic carboxylic acids is 1. The number of carbonyl (C=O) groups is 2. The van der Waals surface area contributed by atoms with Gasteiger partial charge in [0.2, 0.25) is 0 Å². The molecule has 5 N–H and O–H groups in total. The van der Waals surface area contributed by atoms with Crippen molar-refractivity contribution in [2.24, 2.45) is 12.8 Å². The van der Waals surface area contributed by atoms with Gasteiger partial charge in [-0.3, -0.25) is 4.79 Å². The fourth-order valence-electron chi connectivity index (χ4n) is 4.14. The Hall–Kier alpha value is -2.82. The third-order valence-electron chi connectivity index (χ3n) is 6.19. The van der Waals surface area contributed by atoms with E-state index in [4.69, 9.17) is 38.4 Å². The highest BCUT2D eigenvalue weighted by Crippen LogP contribution is 2.40. The lowest BCUT2D eigenvalue weighted by molar-refractivity contribution is 0.0696. The first-order chi connectivity index (χ1) is 16.7. The molecule has 0 aliphatic carbocycles. The van der Waals surface area contributed by atoms with Crippen LogP contribution in [0.15, 0.2) is 36.4 Å². The summed E-state index contributed by atoms with van der Waals surface area (Å²) in [7, 11) is 1.72. The van der Waals surface area contributed by atoms with Crippen molar-refractivity contribution in [1.29, 1.82) is 0 Å². The highest BCUT2D eigenvalue weighted by Gasteiger charge is 2.39. The number of benzene rings is 2. The summed E-state index contributed by atoms with van der Waals surface area (Å²) < 4.78 is 12.9. The number of ether oxygens (including phenoxy) is 2. The van der Waals surface area contributed by atoms with E-state index in [1.807, 2.05) is 0 Å². The number of hydrogen-bond donors (Lipinski definition) is 4. The van der Waals surface area contributed by atoms with Gasteiger partial charge in [-0.1, -0.05) is 35.3 Å². The first kappa shape index (κ1) is 25.3. The van der Waals surface area contributed by atoms with E-state index in [-0.39, 0.29) is 47.0 Å². The van der Waals surface area contributed by atoms with Gasteiger partial charge in [0.15, 0.2) is 0 Å². The number of nitrogens with one attached hydrogen (secondary N) is 1. The largest absolute Gasteiger partial charge is 0.489 e. The van der Waals surface area contributed by atoms with Crippen molar-refractivity contribution in [3.05, 3.63) is 63.3 Å². The Kier molecular flexibility index (Phi) is 7.25. The molecule has 0 radical (unpaired) electrons. The number of aromatic nitrogens is 1. The molecule has 1 aromatic heterocycles. The Morgan fingerprint density at radius 1 is 1.26 bits per heavy atom. The second kappa shape index (κ2) is 10.0. The molecule has 4 rings (SSSR count). The maximum absolute atomic E-state index is 13.4. The number of halogens is 2. The minimum atomic E-state index is -1.02. The van der Waals surface area contributed by atoms with Gasteiger partial charge >= 0.3 is 5.97 Å². The van der Waals surface area contributed by atoms with Gasteiger partial charge in [-0.25, -0.2) is 4.79 Å². The maximum Gasteiger partial charge on any atom is 0.335 e. The van der Waals surface area contributed by atoms with Crippen LogP contribution in [0.5, 0.6) is 5.75 Å². The van der Waals surface area contributed by atoms with E-state index in [1.54, 1.807) is 35.9 Å². The quantitative estimate of drug-likeness (QED) is 0.357. The van der Waals surface area contributed by atoms with E-state index in [0.29, 0.717) is 29.6 Å². The Morgan fingerprint density at radius 3 is 2.57 bits per heavy atom. The van der Waals surface area contributed by atoms with Crippen molar-refractivity contribution in [2.75, 3.05) is 26.4 Å². The van der Waals surface area contributed by atoms with Crippen molar-refractivity contribution in [3.63, 3.8) is 0 Å². The zero-order valence-electron chi connectivity index (χ0n) is 18.9. The van der Waals surface area contributed by atoms with Crippen molar-refractivity contribution in [2.45, 2.75) is 18.1 Å². The smallest absolute Gasteiger partial charge is 0.335 e. The van der Waals surface area contributed by atoms with Crippen molar-refractivity contribution >= 4 is 46.0 Å². The van der Waals surface area contributed by atoms with Crippen LogP contribution in [0.1, 0.15) is 32.8 Å². The zero-order valence-corrected chi connectivity index (χ0v) is 20.4. The van der Waals surface area contributed by atoms with Crippen LogP contribution in [-0.2, 0) is 17.3 Å². The van der Waals surface area contributed by atoms with Crippen molar-refractivity contribution in [1.82, 2.24) is 9.88 Å². The Balaban J connectivity index is 1.66. The van der Waals surface area contributed by atoms with Crippen molar-refractivity contribution in [3.8, 4) is 5.75 Å². The van der Waals surface area contributed by atoms with Gasteiger partial charge in [-0.05, 0) is 23.8 Å². The Labute approximate surface area is 211 Å². The number of aryl methyl sites for hydroxylation is 1. The molecule has 35 heavy (non-hydrogen) atoms. The van der Waals surface area contributed by atoms with Gasteiger partial charge in [-0.15, -0.1) is 0 Å². The molecule has 2 unspecified atom stereocenters. The molecule has 3 aromatic rings. The molecule has 2 atom stereocenters. The summed E-state index contributed by atoms with van der Waals surface area (Å²) in [4.78, 5) is 24.7. The molecule has 0 spiro atoms. The lowest BCUT2D eigenvalue weighted by atomic mass is 9.88. The summed E-state index contributed by atoms with van der Waals surface area (Å²) in [6.07, 6.45) is -0.326. The lowest BCUT2D eigenvalue weighted by Crippen LogP contribution is -2.47. The van der Waals surface area contributed by atoms with Gasteiger partial charge in [-0.2, -0.15) is 0 Å². The van der Waals surface area contributed by atoms with Gasteiger partial charge in [0.1, 0.15) is 29.2 Å². The molecule has 0 bridgehead atoms. The number of aliphatic hydroxyl groups is 1. The molecule has 11 heteroatoms. The fourth-order valence-corrected chi connectivity index (χ4v) is 4.59. The number of hydrogen-bond acceptors (Lipinski definition) is 6. The second-order valence-corrected chi connectivity index (χ2v) is 9.20. The molecule has 186 valence electrons. The summed E-state index contributed by atoms with van der Waals surface area (Å²) in [6, 6.07) is 9.69. The van der Waals surface area contributed by atoms with Crippen LogP contribution in [0.4, 0.5) is 0 Å².